The molecule has 18 heavy (non-hydrogen) atoms. The summed E-state index contributed by atoms with van der Waals surface area (Å²) in [6.07, 6.45) is 6.81. The monoisotopic (exact) mass is 279 g/mol. The van der Waals surface area contributed by atoms with E-state index in [1.165, 1.54) is 37.0 Å². The van der Waals surface area contributed by atoms with Gasteiger partial charge in [0.25, 0.3) is 0 Å². The van der Waals surface area contributed by atoms with Crippen LogP contribution in [0.15, 0.2) is 17.5 Å². The normalized spacial score (nSPS) is 16.4. The lowest BCUT2D eigenvalue weighted by atomic mass is 10.0. The van der Waals surface area contributed by atoms with Crippen LogP contribution in [0.1, 0.15) is 32.1 Å². The lowest BCUT2D eigenvalue weighted by Crippen LogP contribution is -2.05. The van der Waals surface area contributed by atoms with E-state index >= 15 is 0 Å². The van der Waals surface area contributed by atoms with Crippen molar-refractivity contribution in [3.63, 3.8) is 0 Å². The number of hydrogen-bond acceptors (Lipinski definition) is 3. The summed E-state index contributed by atoms with van der Waals surface area (Å²) < 4.78 is 2.90. The summed E-state index contributed by atoms with van der Waals surface area (Å²) in [4.78, 5) is 1.19. The van der Waals surface area contributed by atoms with Crippen LogP contribution in [0.3, 0.4) is 0 Å². The molecule has 0 bridgehead atoms. The summed E-state index contributed by atoms with van der Waals surface area (Å²) in [6.45, 7) is 0.993. The second kappa shape index (κ2) is 5.36. The van der Waals surface area contributed by atoms with Crippen LogP contribution in [0.4, 0.5) is 0 Å². The highest BCUT2D eigenvalue weighted by Crippen LogP contribution is 2.29. The summed E-state index contributed by atoms with van der Waals surface area (Å²) >= 11 is 7.05. The van der Waals surface area contributed by atoms with Crippen LogP contribution in [0.2, 0.25) is 0 Å². The lowest BCUT2D eigenvalue weighted by Gasteiger charge is -2.10. The van der Waals surface area contributed by atoms with E-state index in [4.69, 9.17) is 12.2 Å². The minimum Gasteiger partial charge on any atom is -0.299 e. The number of thiophene rings is 1. The number of rotatable bonds is 4. The maximum atomic E-state index is 5.34. The molecule has 0 amide bonds. The molecule has 96 valence electrons. The van der Waals surface area contributed by atoms with Crippen LogP contribution in [0.5, 0.6) is 0 Å². The van der Waals surface area contributed by atoms with Gasteiger partial charge in [0.2, 0.25) is 0 Å². The summed E-state index contributed by atoms with van der Waals surface area (Å²) in [5, 5.41) is 9.36. The average molecular weight is 279 g/mol. The molecule has 3 rings (SSSR count). The van der Waals surface area contributed by atoms with Crippen molar-refractivity contribution in [3.8, 4) is 10.7 Å². The van der Waals surface area contributed by atoms with Gasteiger partial charge in [-0.3, -0.25) is 9.67 Å². The summed E-state index contributed by atoms with van der Waals surface area (Å²) in [5.41, 5.74) is 0. The molecule has 0 atom stereocenters. The Morgan fingerprint density at radius 2 is 2.28 bits per heavy atom. The number of H-pyrrole nitrogens is 1. The van der Waals surface area contributed by atoms with Gasteiger partial charge in [0.15, 0.2) is 10.6 Å². The highest BCUT2D eigenvalue weighted by molar-refractivity contribution is 7.71. The maximum absolute atomic E-state index is 5.34. The molecule has 0 aliphatic heterocycles. The molecule has 0 aromatic carbocycles. The molecule has 1 aliphatic carbocycles. The van der Waals surface area contributed by atoms with Gasteiger partial charge in [0, 0.05) is 6.54 Å². The largest absolute Gasteiger partial charge is 0.299 e. The smallest absolute Gasteiger partial charge is 0.195 e. The molecule has 2 aromatic heterocycles. The van der Waals surface area contributed by atoms with Crippen LogP contribution < -0.4 is 0 Å². The van der Waals surface area contributed by atoms with Gasteiger partial charge in [-0.25, -0.2) is 0 Å². The van der Waals surface area contributed by atoms with Crippen molar-refractivity contribution in [2.75, 3.05) is 0 Å². The Labute approximate surface area is 116 Å². The number of aromatic amines is 1. The number of hydrogen-bond donors (Lipinski definition) is 1. The zero-order valence-electron chi connectivity index (χ0n) is 10.3. The highest BCUT2D eigenvalue weighted by Gasteiger charge is 2.16. The van der Waals surface area contributed by atoms with Gasteiger partial charge in [0.05, 0.1) is 4.88 Å². The van der Waals surface area contributed by atoms with Gasteiger partial charge in [-0.05, 0) is 36.0 Å². The summed E-state index contributed by atoms with van der Waals surface area (Å²) in [6, 6.07) is 4.15. The first-order valence-electron chi connectivity index (χ1n) is 6.53. The van der Waals surface area contributed by atoms with E-state index in [2.05, 4.69) is 32.3 Å². The molecule has 0 saturated heterocycles. The second-order valence-corrected chi connectivity index (χ2v) is 6.25. The Hall–Kier alpha value is -0.940. The number of nitrogens with zero attached hydrogens (tertiary/aromatic N) is 2. The quantitative estimate of drug-likeness (QED) is 0.849. The third-order valence-corrected chi connectivity index (χ3v) is 4.91. The fourth-order valence-corrected chi connectivity index (χ4v) is 3.68. The summed E-state index contributed by atoms with van der Waals surface area (Å²) in [7, 11) is 0. The van der Waals surface area contributed by atoms with Crippen molar-refractivity contribution < 1.29 is 0 Å². The standard InChI is InChI=1S/C13H17N3S2/c17-13-15-14-12(11-6-3-9-18-11)16(13)8-7-10-4-1-2-5-10/h3,6,9-10H,1-2,4-5,7-8H2,(H,15,17). The van der Waals surface area contributed by atoms with Gasteiger partial charge in [-0.15, -0.1) is 11.3 Å². The first kappa shape index (κ1) is 12.1. The molecule has 1 aliphatic rings. The third kappa shape index (κ3) is 2.42. The molecule has 0 unspecified atom stereocenters. The SMILES string of the molecule is S=c1[nH]nc(-c2cccs2)n1CCC1CCCC1. The van der Waals surface area contributed by atoms with Gasteiger partial charge in [-0.1, -0.05) is 31.7 Å². The zero-order chi connectivity index (χ0) is 12.4. The molecule has 2 aromatic rings. The van der Waals surface area contributed by atoms with Gasteiger partial charge in [0.1, 0.15) is 0 Å². The molecule has 1 fully saturated rings. The minimum absolute atomic E-state index is 0.747. The van der Waals surface area contributed by atoms with Gasteiger partial charge >= 0.3 is 0 Å². The van der Waals surface area contributed by atoms with Crippen molar-refractivity contribution in [2.45, 2.75) is 38.6 Å². The van der Waals surface area contributed by atoms with Crippen LogP contribution in [-0.2, 0) is 6.54 Å². The molecule has 5 heteroatoms. The van der Waals surface area contributed by atoms with E-state index in [0.29, 0.717) is 0 Å². The molecule has 0 radical (unpaired) electrons. The van der Waals surface area contributed by atoms with E-state index in [1.54, 1.807) is 11.3 Å². The minimum atomic E-state index is 0.747. The average Bonchev–Trinajstić information content (AvgIpc) is 3.08. The summed E-state index contributed by atoms with van der Waals surface area (Å²) in [5.74, 6) is 1.88. The molecular formula is C13H17N3S2. The van der Waals surface area contributed by atoms with E-state index in [-0.39, 0.29) is 0 Å². The van der Waals surface area contributed by atoms with Gasteiger partial charge < -0.3 is 0 Å². The lowest BCUT2D eigenvalue weighted by molar-refractivity contribution is 0.458. The Morgan fingerprint density at radius 1 is 1.44 bits per heavy atom. The third-order valence-electron chi connectivity index (χ3n) is 3.74. The predicted molar refractivity (Wildman–Crippen MR) is 77.3 cm³/mol. The fraction of sp³-hybridized carbons (Fsp3) is 0.538. The number of nitrogens with one attached hydrogen (secondary N) is 1. The van der Waals surface area contributed by atoms with Crippen molar-refractivity contribution in [2.24, 2.45) is 5.92 Å². The van der Waals surface area contributed by atoms with Crippen LogP contribution in [0, 0.1) is 10.7 Å². The molecule has 3 nitrogen and oxygen atoms in total. The van der Waals surface area contributed by atoms with E-state index in [9.17, 15) is 0 Å². The molecule has 1 N–H and O–H groups in total. The first-order valence-corrected chi connectivity index (χ1v) is 7.82. The van der Waals surface area contributed by atoms with E-state index < -0.39 is 0 Å². The van der Waals surface area contributed by atoms with Crippen LogP contribution >= 0.6 is 23.6 Å². The van der Waals surface area contributed by atoms with Crippen molar-refractivity contribution in [1.29, 1.82) is 0 Å². The van der Waals surface area contributed by atoms with Crippen molar-refractivity contribution in [1.82, 2.24) is 14.8 Å². The second-order valence-electron chi connectivity index (χ2n) is 4.92. The van der Waals surface area contributed by atoms with E-state index in [0.717, 1.165) is 23.1 Å². The van der Waals surface area contributed by atoms with Crippen molar-refractivity contribution in [3.05, 3.63) is 22.3 Å². The van der Waals surface area contributed by atoms with Crippen LogP contribution in [-0.4, -0.2) is 14.8 Å². The van der Waals surface area contributed by atoms with Crippen LogP contribution in [0.25, 0.3) is 10.7 Å². The molecule has 2 heterocycles. The number of aromatic nitrogens is 3. The molecule has 1 saturated carbocycles. The molecular weight excluding hydrogens is 262 g/mol. The molecule has 0 spiro atoms. The first-order chi connectivity index (χ1) is 8.84. The Balaban J connectivity index is 1.78. The van der Waals surface area contributed by atoms with Gasteiger partial charge in [-0.2, -0.15) is 5.10 Å². The fourth-order valence-electron chi connectivity index (χ4n) is 2.73. The Bertz CT molecular complexity index is 547. The maximum Gasteiger partial charge on any atom is 0.195 e. The highest BCUT2D eigenvalue weighted by atomic mass is 32.1. The van der Waals surface area contributed by atoms with Crippen molar-refractivity contribution >= 4 is 23.6 Å². The topological polar surface area (TPSA) is 33.6 Å². The zero-order valence-corrected chi connectivity index (χ0v) is 11.9. The Kier molecular flexibility index (Phi) is 3.61. The van der Waals surface area contributed by atoms with E-state index in [1.807, 2.05) is 0 Å². The Morgan fingerprint density at radius 3 is 3.00 bits per heavy atom. The predicted octanol–water partition coefficient (Wildman–Crippen LogP) is 4.25.